The van der Waals surface area contributed by atoms with Gasteiger partial charge in [-0.3, -0.25) is 0 Å². The predicted molar refractivity (Wildman–Crippen MR) is 60.9 cm³/mol. The van der Waals surface area contributed by atoms with Crippen molar-refractivity contribution in [3.8, 4) is 0 Å². The molecular formula is C12H14S. The summed E-state index contributed by atoms with van der Waals surface area (Å²) in [6.07, 6.45) is 17.6. The van der Waals surface area contributed by atoms with Gasteiger partial charge in [0.25, 0.3) is 0 Å². The van der Waals surface area contributed by atoms with Crippen molar-refractivity contribution < 1.29 is 0 Å². The molecule has 0 saturated heterocycles. The first-order valence-electron chi connectivity index (χ1n) is 4.73. The Bertz CT molecular complexity index is 219. The van der Waals surface area contributed by atoms with Gasteiger partial charge in [0.05, 0.1) is 0 Å². The largest absolute Gasteiger partial charge is 0.160 e. The van der Waals surface area contributed by atoms with Crippen molar-refractivity contribution in [2.45, 2.75) is 0 Å². The van der Waals surface area contributed by atoms with E-state index in [0.717, 1.165) is 0 Å². The first kappa shape index (κ1) is 8.89. The van der Waals surface area contributed by atoms with Crippen molar-refractivity contribution in [2.24, 2.45) is 11.8 Å². The first-order chi connectivity index (χ1) is 6.45. The average Bonchev–Trinajstić information content (AvgIpc) is 2.75. The van der Waals surface area contributed by atoms with E-state index in [1.54, 1.807) is 0 Å². The fraction of sp³-hybridized carbons (Fsp3) is 0.333. The zero-order valence-corrected chi connectivity index (χ0v) is 8.41. The molecule has 13 heavy (non-hydrogen) atoms. The second kappa shape index (κ2) is 4.52. The monoisotopic (exact) mass is 190 g/mol. The van der Waals surface area contributed by atoms with E-state index >= 15 is 0 Å². The highest BCUT2D eigenvalue weighted by atomic mass is 32.2. The standard InChI is InChI=1S/C12H14S/c1-2-6-11(5-1)9-13-10-12-7-3-4-8-12/h1-8,11-12H,9-10H2. The third-order valence-corrected chi connectivity index (χ3v) is 3.52. The number of hydrogen-bond donors (Lipinski definition) is 0. The average molecular weight is 190 g/mol. The summed E-state index contributed by atoms with van der Waals surface area (Å²) in [6, 6.07) is 0. The summed E-state index contributed by atoms with van der Waals surface area (Å²) in [5, 5.41) is 0. The lowest BCUT2D eigenvalue weighted by atomic mass is 10.2. The van der Waals surface area contributed by atoms with Gasteiger partial charge in [-0.15, -0.1) is 0 Å². The van der Waals surface area contributed by atoms with Crippen LogP contribution >= 0.6 is 11.8 Å². The number of hydrogen-bond acceptors (Lipinski definition) is 1. The molecule has 0 aromatic heterocycles. The fourth-order valence-corrected chi connectivity index (χ4v) is 2.64. The van der Waals surface area contributed by atoms with Crippen molar-refractivity contribution in [3.05, 3.63) is 48.6 Å². The molecule has 68 valence electrons. The van der Waals surface area contributed by atoms with Gasteiger partial charge in [-0.05, 0) is 0 Å². The third kappa shape index (κ3) is 2.63. The molecule has 2 aliphatic carbocycles. The van der Waals surface area contributed by atoms with Crippen LogP contribution in [0.5, 0.6) is 0 Å². The Kier molecular flexibility index (Phi) is 3.09. The molecule has 0 aromatic rings. The van der Waals surface area contributed by atoms with Crippen LogP contribution < -0.4 is 0 Å². The molecule has 2 aliphatic rings. The van der Waals surface area contributed by atoms with E-state index < -0.39 is 0 Å². The van der Waals surface area contributed by atoms with Crippen LogP contribution in [0.3, 0.4) is 0 Å². The van der Waals surface area contributed by atoms with E-state index in [1.165, 1.54) is 11.5 Å². The highest BCUT2D eigenvalue weighted by Crippen LogP contribution is 2.20. The summed E-state index contributed by atoms with van der Waals surface area (Å²) in [4.78, 5) is 0. The van der Waals surface area contributed by atoms with E-state index in [1.807, 2.05) is 11.8 Å². The molecular weight excluding hydrogens is 176 g/mol. The van der Waals surface area contributed by atoms with E-state index in [0.29, 0.717) is 11.8 Å². The first-order valence-corrected chi connectivity index (χ1v) is 5.88. The topological polar surface area (TPSA) is 0 Å². The van der Waals surface area contributed by atoms with Gasteiger partial charge < -0.3 is 0 Å². The van der Waals surface area contributed by atoms with Crippen molar-refractivity contribution in [2.75, 3.05) is 11.5 Å². The fourth-order valence-electron chi connectivity index (χ4n) is 1.52. The highest BCUT2D eigenvalue weighted by Gasteiger charge is 2.07. The van der Waals surface area contributed by atoms with Crippen LogP contribution in [-0.2, 0) is 0 Å². The Labute approximate surface area is 84.1 Å². The molecule has 0 radical (unpaired) electrons. The van der Waals surface area contributed by atoms with Crippen LogP contribution in [0.15, 0.2) is 48.6 Å². The van der Waals surface area contributed by atoms with Gasteiger partial charge in [-0.1, -0.05) is 48.6 Å². The van der Waals surface area contributed by atoms with E-state index in [9.17, 15) is 0 Å². The van der Waals surface area contributed by atoms with Crippen LogP contribution in [-0.4, -0.2) is 11.5 Å². The maximum absolute atomic E-state index is 2.27. The molecule has 0 nitrogen and oxygen atoms in total. The van der Waals surface area contributed by atoms with E-state index in [4.69, 9.17) is 0 Å². The number of allylic oxidation sites excluding steroid dienone is 8. The van der Waals surface area contributed by atoms with Gasteiger partial charge in [0.15, 0.2) is 0 Å². The highest BCUT2D eigenvalue weighted by molar-refractivity contribution is 7.99. The SMILES string of the molecule is C1=CC(CSCC2C=CC=C2)C=C1. The minimum Gasteiger partial charge on any atom is -0.160 e. The lowest BCUT2D eigenvalue weighted by molar-refractivity contribution is 0.946. The maximum atomic E-state index is 2.27. The van der Waals surface area contributed by atoms with E-state index in [2.05, 4.69) is 48.6 Å². The molecule has 0 unspecified atom stereocenters. The van der Waals surface area contributed by atoms with Crippen LogP contribution in [0.4, 0.5) is 0 Å². The molecule has 0 bridgehead atoms. The van der Waals surface area contributed by atoms with Gasteiger partial charge in [0.2, 0.25) is 0 Å². The summed E-state index contributed by atoms with van der Waals surface area (Å²) in [5.74, 6) is 3.81. The van der Waals surface area contributed by atoms with Crippen LogP contribution in [0.2, 0.25) is 0 Å². The molecule has 0 atom stereocenters. The molecule has 0 spiro atoms. The van der Waals surface area contributed by atoms with Gasteiger partial charge >= 0.3 is 0 Å². The molecule has 0 aliphatic heterocycles. The lowest BCUT2D eigenvalue weighted by Gasteiger charge is -2.07. The second-order valence-electron chi connectivity index (χ2n) is 3.40. The molecule has 1 heteroatoms. The predicted octanol–water partition coefficient (Wildman–Crippen LogP) is 3.20. The molecule has 2 rings (SSSR count). The zero-order valence-electron chi connectivity index (χ0n) is 7.60. The Balaban J connectivity index is 1.63. The van der Waals surface area contributed by atoms with Crippen molar-refractivity contribution in [1.82, 2.24) is 0 Å². The third-order valence-electron chi connectivity index (χ3n) is 2.28. The lowest BCUT2D eigenvalue weighted by Crippen LogP contribution is -1.98. The van der Waals surface area contributed by atoms with Gasteiger partial charge in [-0.2, -0.15) is 11.8 Å². The number of thioether (sulfide) groups is 1. The quantitative estimate of drug-likeness (QED) is 0.656. The molecule has 0 amide bonds. The molecule has 0 heterocycles. The van der Waals surface area contributed by atoms with Crippen molar-refractivity contribution >= 4 is 11.8 Å². The van der Waals surface area contributed by atoms with Gasteiger partial charge in [0.1, 0.15) is 0 Å². The van der Waals surface area contributed by atoms with Gasteiger partial charge in [0, 0.05) is 23.3 Å². The Morgan fingerprint density at radius 2 is 1.08 bits per heavy atom. The summed E-state index contributed by atoms with van der Waals surface area (Å²) in [7, 11) is 0. The summed E-state index contributed by atoms with van der Waals surface area (Å²) < 4.78 is 0. The van der Waals surface area contributed by atoms with Crippen LogP contribution in [0.25, 0.3) is 0 Å². The smallest absolute Gasteiger partial charge is 0.00435 e. The van der Waals surface area contributed by atoms with Crippen LogP contribution in [0, 0.1) is 11.8 Å². The van der Waals surface area contributed by atoms with Crippen molar-refractivity contribution in [3.63, 3.8) is 0 Å². The summed E-state index contributed by atoms with van der Waals surface area (Å²) >= 11 is 2.04. The summed E-state index contributed by atoms with van der Waals surface area (Å²) in [6.45, 7) is 0. The molecule has 0 N–H and O–H groups in total. The maximum Gasteiger partial charge on any atom is 0.00435 e. The normalized spacial score (nSPS) is 20.9. The Morgan fingerprint density at radius 1 is 0.692 bits per heavy atom. The summed E-state index contributed by atoms with van der Waals surface area (Å²) in [5.41, 5.74) is 0. The molecule has 0 fully saturated rings. The Hall–Kier alpha value is -0.690. The van der Waals surface area contributed by atoms with Crippen molar-refractivity contribution in [1.29, 1.82) is 0 Å². The number of rotatable bonds is 4. The minimum absolute atomic E-state index is 0.680. The minimum atomic E-state index is 0.680. The van der Waals surface area contributed by atoms with Gasteiger partial charge in [-0.25, -0.2) is 0 Å². The van der Waals surface area contributed by atoms with Crippen LogP contribution in [0.1, 0.15) is 0 Å². The zero-order chi connectivity index (χ0) is 8.93. The van der Waals surface area contributed by atoms with E-state index in [-0.39, 0.29) is 0 Å². The molecule has 0 aromatic carbocycles. The second-order valence-corrected chi connectivity index (χ2v) is 4.48. The Morgan fingerprint density at radius 3 is 1.46 bits per heavy atom. The molecule has 0 saturated carbocycles.